The number of halogens is 1. The number of guanidine groups is 1. The molecule has 174 valence electrons. The first-order valence-corrected chi connectivity index (χ1v) is 10.7. The zero-order chi connectivity index (χ0) is 22.0. The van der Waals surface area contributed by atoms with E-state index < -0.39 is 11.7 Å². The number of alkyl carbamates (subject to hydrolysis) is 1. The molecule has 0 bridgehead atoms. The van der Waals surface area contributed by atoms with Crippen LogP contribution in [-0.2, 0) is 16.1 Å². The van der Waals surface area contributed by atoms with Crippen LogP contribution in [0.3, 0.4) is 0 Å². The van der Waals surface area contributed by atoms with Crippen molar-refractivity contribution >= 4 is 47.6 Å². The fraction of sp³-hybridized carbons (Fsp3) is 0.591. The number of hydrogen-bond donors (Lipinski definition) is 3. The van der Waals surface area contributed by atoms with Gasteiger partial charge in [0.2, 0.25) is 5.91 Å². The van der Waals surface area contributed by atoms with Gasteiger partial charge < -0.3 is 25.6 Å². The normalized spacial score (nSPS) is 14.5. The summed E-state index contributed by atoms with van der Waals surface area (Å²) in [4.78, 5) is 30.2. The van der Waals surface area contributed by atoms with E-state index in [4.69, 9.17) is 4.74 Å². The topological polar surface area (TPSA) is 95.1 Å². The van der Waals surface area contributed by atoms with Gasteiger partial charge in [-0.2, -0.15) is 0 Å². The van der Waals surface area contributed by atoms with Crippen molar-refractivity contribution in [2.45, 2.75) is 59.1 Å². The summed E-state index contributed by atoms with van der Waals surface area (Å²) < 4.78 is 5.21. The van der Waals surface area contributed by atoms with Gasteiger partial charge in [0.05, 0.1) is 6.54 Å². The minimum Gasteiger partial charge on any atom is -0.444 e. The third-order valence-corrected chi connectivity index (χ3v) is 4.42. The third kappa shape index (κ3) is 10.2. The molecule has 9 heteroatoms. The van der Waals surface area contributed by atoms with Crippen molar-refractivity contribution in [1.29, 1.82) is 0 Å². The Morgan fingerprint density at radius 3 is 2.39 bits per heavy atom. The number of rotatable bonds is 7. The molecule has 2 amide bonds. The molecule has 0 saturated carbocycles. The number of aliphatic imine (C=N–C) groups is 1. The van der Waals surface area contributed by atoms with Crippen LogP contribution in [0.4, 0.5) is 10.5 Å². The van der Waals surface area contributed by atoms with E-state index in [0.717, 1.165) is 37.2 Å². The zero-order valence-corrected chi connectivity index (χ0v) is 21.3. The number of hydrogen-bond acceptors (Lipinski definition) is 4. The molecule has 0 unspecified atom stereocenters. The molecular weight excluding hydrogens is 509 g/mol. The molecule has 0 radical (unpaired) electrons. The number of anilines is 1. The van der Waals surface area contributed by atoms with Crippen LogP contribution in [0.15, 0.2) is 29.3 Å². The highest BCUT2D eigenvalue weighted by atomic mass is 127. The van der Waals surface area contributed by atoms with Crippen LogP contribution in [0.25, 0.3) is 0 Å². The predicted octanol–water partition coefficient (Wildman–Crippen LogP) is 3.40. The molecule has 0 aromatic heterocycles. The van der Waals surface area contributed by atoms with Gasteiger partial charge in [0, 0.05) is 38.3 Å². The largest absolute Gasteiger partial charge is 0.444 e. The molecule has 1 aromatic carbocycles. The quantitative estimate of drug-likeness (QED) is 0.211. The first kappa shape index (κ1) is 27.0. The molecule has 8 nitrogen and oxygen atoms in total. The van der Waals surface area contributed by atoms with Crippen molar-refractivity contribution < 1.29 is 14.3 Å². The Balaban J connectivity index is 0.00000480. The van der Waals surface area contributed by atoms with Crippen LogP contribution in [0.5, 0.6) is 0 Å². The number of ether oxygens (including phenoxy) is 1. The number of nitrogens with one attached hydrogen (secondary N) is 3. The number of carbonyl (C=O) groups is 2. The molecule has 1 heterocycles. The highest BCUT2D eigenvalue weighted by Gasteiger charge is 2.19. The molecule has 0 spiro atoms. The Hall–Kier alpha value is -2.04. The van der Waals surface area contributed by atoms with Gasteiger partial charge in [0.25, 0.3) is 0 Å². The molecule has 31 heavy (non-hydrogen) atoms. The average molecular weight is 545 g/mol. The van der Waals surface area contributed by atoms with Gasteiger partial charge in [-0.1, -0.05) is 12.1 Å². The summed E-state index contributed by atoms with van der Waals surface area (Å²) in [7, 11) is 0. The zero-order valence-electron chi connectivity index (χ0n) is 19.0. The van der Waals surface area contributed by atoms with Crippen molar-refractivity contribution in [3.8, 4) is 0 Å². The van der Waals surface area contributed by atoms with Crippen molar-refractivity contribution in [2.24, 2.45) is 4.99 Å². The Morgan fingerprint density at radius 2 is 1.77 bits per heavy atom. The van der Waals surface area contributed by atoms with Crippen molar-refractivity contribution in [3.05, 3.63) is 29.8 Å². The van der Waals surface area contributed by atoms with Crippen molar-refractivity contribution in [3.63, 3.8) is 0 Å². The third-order valence-electron chi connectivity index (χ3n) is 4.42. The second kappa shape index (κ2) is 13.4. The van der Waals surface area contributed by atoms with Crippen LogP contribution in [0.1, 0.15) is 52.5 Å². The van der Waals surface area contributed by atoms with Gasteiger partial charge in [0.1, 0.15) is 5.60 Å². The number of carbonyl (C=O) groups excluding carboxylic acids is 2. The van der Waals surface area contributed by atoms with E-state index >= 15 is 0 Å². The fourth-order valence-corrected chi connectivity index (χ4v) is 3.03. The SMILES string of the molecule is CCNC(=NCc1ccc(N2CCCCC2=O)cc1)NCCNC(=O)OC(C)(C)C.I. The molecule has 0 aliphatic carbocycles. The Kier molecular flexibility index (Phi) is 11.7. The Bertz CT molecular complexity index is 732. The van der Waals surface area contributed by atoms with Gasteiger partial charge >= 0.3 is 6.09 Å². The van der Waals surface area contributed by atoms with Crippen LogP contribution in [-0.4, -0.2) is 49.7 Å². The minimum atomic E-state index is -0.509. The highest BCUT2D eigenvalue weighted by molar-refractivity contribution is 14.0. The maximum atomic E-state index is 12.1. The van der Waals surface area contributed by atoms with E-state index in [1.54, 1.807) is 0 Å². The van der Waals surface area contributed by atoms with Crippen LogP contribution < -0.4 is 20.9 Å². The molecule has 1 aliphatic heterocycles. The number of amides is 2. The lowest BCUT2D eigenvalue weighted by atomic mass is 10.1. The Morgan fingerprint density at radius 1 is 1.10 bits per heavy atom. The average Bonchev–Trinajstić information content (AvgIpc) is 2.69. The van der Waals surface area contributed by atoms with E-state index in [0.29, 0.717) is 32.0 Å². The van der Waals surface area contributed by atoms with Gasteiger partial charge in [0.15, 0.2) is 5.96 Å². The molecule has 1 aliphatic rings. The van der Waals surface area contributed by atoms with E-state index in [1.165, 1.54) is 0 Å². The fourth-order valence-electron chi connectivity index (χ4n) is 3.03. The maximum Gasteiger partial charge on any atom is 0.407 e. The summed E-state index contributed by atoms with van der Waals surface area (Å²) in [6.07, 6.45) is 2.24. The van der Waals surface area contributed by atoms with Crippen molar-refractivity contribution in [1.82, 2.24) is 16.0 Å². The molecule has 1 fully saturated rings. The van der Waals surface area contributed by atoms with E-state index in [-0.39, 0.29) is 29.9 Å². The van der Waals surface area contributed by atoms with Crippen LogP contribution >= 0.6 is 24.0 Å². The molecular formula is C22H36IN5O3. The van der Waals surface area contributed by atoms with Crippen LogP contribution in [0.2, 0.25) is 0 Å². The lowest BCUT2D eigenvalue weighted by Gasteiger charge is -2.26. The maximum absolute atomic E-state index is 12.1. The van der Waals surface area contributed by atoms with E-state index in [1.807, 2.05) is 56.9 Å². The first-order chi connectivity index (χ1) is 14.3. The Labute approximate surface area is 202 Å². The standard InChI is InChI=1S/C22H35N5O3.HI/c1-5-23-20(24-13-14-25-21(29)30-22(2,3)4)26-16-17-9-11-18(12-10-17)27-15-7-6-8-19(27)28;/h9-12H,5-8,13-16H2,1-4H3,(H,25,29)(H2,23,24,26);1H. The first-order valence-electron chi connectivity index (χ1n) is 10.7. The minimum absolute atomic E-state index is 0. The predicted molar refractivity (Wildman–Crippen MR) is 135 cm³/mol. The summed E-state index contributed by atoms with van der Waals surface area (Å²) in [5.74, 6) is 0.879. The summed E-state index contributed by atoms with van der Waals surface area (Å²) in [5.41, 5.74) is 1.50. The molecule has 1 aromatic rings. The molecule has 0 atom stereocenters. The summed E-state index contributed by atoms with van der Waals surface area (Å²) in [6.45, 7) is 10.5. The van der Waals surface area contributed by atoms with Crippen LogP contribution in [0, 0.1) is 0 Å². The lowest BCUT2D eigenvalue weighted by Crippen LogP contribution is -2.42. The summed E-state index contributed by atoms with van der Waals surface area (Å²) >= 11 is 0. The molecule has 1 saturated heterocycles. The summed E-state index contributed by atoms with van der Waals surface area (Å²) in [6, 6.07) is 7.99. The second-order valence-corrected chi connectivity index (χ2v) is 8.22. The van der Waals surface area contributed by atoms with E-state index in [2.05, 4.69) is 20.9 Å². The van der Waals surface area contributed by atoms with Gasteiger partial charge in [-0.3, -0.25) is 4.79 Å². The highest BCUT2D eigenvalue weighted by Crippen LogP contribution is 2.21. The number of nitrogens with zero attached hydrogens (tertiary/aromatic N) is 2. The summed E-state index contributed by atoms with van der Waals surface area (Å²) in [5, 5.41) is 9.10. The number of benzene rings is 1. The second-order valence-electron chi connectivity index (χ2n) is 8.22. The molecule has 2 rings (SSSR count). The van der Waals surface area contributed by atoms with E-state index in [9.17, 15) is 9.59 Å². The monoisotopic (exact) mass is 545 g/mol. The molecule has 3 N–H and O–H groups in total. The van der Waals surface area contributed by atoms with Crippen molar-refractivity contribution in [2.75, 3.05) is 31.1 Å². The van der Waals surface area contributed by atoms with Gasteiger partial charge in [-0.15, -0.1) is 24.0 Å². The number of piperidine rings is 1. The van der Waals surface area contributed by atoms with Gasteiger partial charge in [-0.25, -0.2) is 9.79 Å². The lowest BCUT2D eigenvalue weighted by molar-refractivity contribution is -0.119. The smallest absolute Gasteiger partial charge is 0.407 e. The van der Waals surface area contributed by atoms with Gasteiger partial charge in [-0.05, 0) is 58.2 Å².